The fraction of sp³-hybridized carbons (Fsp3) is 0.516. The van der Waals surface area contributed by atoms with Crippen molar-refractivity contribution >= 4 is 41.1 Å². The van der Waals surface area contributed by atoms with E-state index in [2.05, 4.69) is 10.6 Å². The highest BCUT2D eigenvalue weighted by molar-refractivity contribution is 6.30. The summed E-state index contributed by atoms with van der Waals surface area (Å²) in [7, 11) is 1.73. The quantitative estimate of drug-likeness (QED) is 0.263. The van der Waals surface area contributed by atoms with Crippen molar-refractivity contribution in [1.29, 1.82) is 0 Å². The van der Waals surface area contributed by atoms with Gasteiger partial charge in [-0.1, -0.05) is 79.6 Å². The van der Waals surface area contributed by atoms with E-state index < -0.39 is 24.1 Å². The standard InChI is InChI=1S/C31H41Cl2N3O5/c1-36(16-15-23-9-5-11-25(32)17-23)29(38)14-13-27(20-37)34-30(39)28(19-22-7-3-2-4-8-22)35-31(40)41-21-24-10-6-12-26(33)18-24/h5-6,9-12,17-18,22,27-28,37H,2-4,7-8,13-16,19-21H2,1H3,(H,34,39)(H,35,40)/t27-,28-/m0/s1. The average Bonchev–Trinajstić information content (AvgIpc) is 2.97. The highest BCUT2D eigenvalue weighted by atomic mass is 35.5. The third-order valence-electron chi connectivity index (χ3n) is 7.49. The molecule has 0 heterocycles. The molecule has 0 radical (unpaired) electrons. The molecule has 1 fully saturated rings. The first-order chi connectivity index (χ1) is 19.7. The molecule has 8 nitrogen and oxygen atoms in total. The molecule has 1 saturated carbocycles. The van der Waals surface area contributed by atoms with Crippen LogP contribution in [0.25, 0.3) is 0 Å². The first kappa shape index (κ1) is 32.7. The van der Waals surface area contributed by atoms with Crippen LogP contribution in [0.15, 0.2) is 48.5 Å². The smallest absolute Gasteiger partial charge is 0.408 e. The largest absolute Gasteiger partial charge is 0.445 e. The molecule has 1 aliphatic rings. The van der Waals surface area contributed by atoms with Crippen molar-refractivity contribution in [2.45, 2.75) is 76.5 Å². The number of hydrogen-bond acceptors (Lipinski definition) is 5. The number of carbonyl (C=O) groups is 3. The summed E-state index contributed by atoms with van der Waals surface area (Å²) in [4.78, 5) is 40.3. The fourth-order valence-electron chi connectivity index (χ4n) is 5.06. The van der Waals surface area contributed by atoms with Crippen LogP contribution in [0.2, 0.25) is 10.0 Å². The number of halogens is 2. The van der Waals surface area contributed by atoms with Gasteiger partial charge in [-0.25, -0.2) is 4.79 Å². The SMILES string of the molecule is CN(CCc1cccc(Cl)c1)C(=O)CC[C@@H](CO)NC(=O)[C@H](CC1CCCCC1)NC(=O)OCc1cccc(Cl)c1. The zero-order valence-corrected chi connectivity index (χ0v) is 25.1. The lowest BCUT2D eigenvalue weighted by Gasteiger charge is -2.28. The minimum Gasteiger partial charge on any atom is -0.445 e. The number of amides is 3. The maximum absolute atomic E-state index is 13.3. The summed E-state index contributed by atoms with van der Waals surface area (Å²) in [6.07, 6.45) is 6.29. The Kier molecular flexibility index (Phi) is 13.7. The van der Waals surface area contributed by atoms with Gasteiger partial charge in [0.05, 0.1) is 12.6 Å². The Hall–Kier alpha value is -2.81. The Morgan fingerprint density at radius 2 is 1.66 bits per heavy atom. The maximum atomic E-state index is 13.3. The van der Waals surface area contributed by atoms with E-state index in [-0.39, 0.29) is 32.0 Å². The molecule has 0 saturated heterocycles. The van der Waals surface area contributed by atoms with Gasteiger partial charge < -0.3 is 25.4 Å². The lowest BCUT2D eigenvalue weighted by atomic mass is 9.84. The van der Waals surface area contributed by atoms with Crippen molar-refractivity contribution in [3.8, 4) is 0 Å². The minimum atomic E-state index is -0.810. The van der Waals surface area contributed by atoms with Crippen LogP contribution in [0.5, 0.6) is 0 Å². The Labute approximate surface area is 252 Å². The molecule has 2 aromatic rings. The van der Waals surface area contributed by atoms with Crippen molar-refractivity contribution in [3.63, 3.8) is 0 Å². The molecule has 0 aliphatic heterocycles. The zero-order chi connectivity index (χ0) is 29.6. The van der Waals surface area contributed by atoms with E-state index >= 15 is 0 Å². The number of benzene rings is 2. The van der Waals surface area contributed by atoms with Crippen molar-refractivity contribution in [3.05, 3.63) is 69.7 Å². The summed E-state index contributed by atoms with van der Waals surface area (Å²) in [5.74, 6) is -0.160. The molecule has 224 valence electrons. The summed E-state index contributed by atoms with van der Waals surface area (Å²) >= 11 is 12.0. The van der Waals surface area contributed by atoms with E-state index in [0.29, 0.717) is 35.3 Å². The van der Waals surface area contributed by atoms with Gasteiger partial charge in [-0.2, -0.15) is 0 Å². The number of rotatable bonds is 14. The summed E-state index contributed by atoms with van der Waals surface area (Å²) in [5.41, 5.74) is 1.78. The molecular weight excluding hydrogens is 565 g/mol. The highest BCUT2D eigenvalue weighted by Gasteiger charge is 2.28. The normalized spacial score (nSPS) is 15.0. The van der Waals surface area contributed by atoms with Crippen LogP contribution in [0, 0.1) is 5.92 Å². The molecule has 2 atom stereocenters. The van der Waals surface area contributed by atoms with Crippen molar-refractivity contribution < 1.29 is 24.2 Å². The number of nitrogens with one attached hydrogen (secondary N) is 2. The van der Waals surface area contributed by atoms with Crippen LogP contribution >= 0.6 is 23.2 Å². The number of ether oxygens (including phenoxy) is 1. The summed E-state index contributed by atoms with van der Waals surface area (Å²) in [5, 5.41) is 16.7. The van der Waals surface area contributed by atoms with Crippen LogP contribution in [0.4, 0.5) is 4.79 Å². The molecule has 1 aliphatic carbocycles. The molecule has 3 N–H and O–H groups in total. The van der Waals surface area contributed by atoms with Gasteiger partial charge in [-0.05, 0) is 60.6 Å². The summed E-state index contributed by atoms with van der Waals surface area (Å²) in [6, 6.07) is 13.1. The number of carbonyl (C=O) groups excluding carboxylic acids is 3. The lowest BCUT2D eigenvalue weighted by molar-refractivity contribution is -0.130. The van der Waals surface area contributed by atoms with E-state index in [9.17, 15) is 19.5 Å². The molecular formula is C31H41Cl2N3O5. The number of aliphatic hydroxyl groups is 1. The van der Waals surface area contributed by atoms with Gasteiger partial charge in [0.15, 0.2) is 0 Å². The monoisotopic (exact) mass is 605 g/mol. The minimum absolute atomic E-state index is 0.0242. The number of alkyl carbamates (subject to hydrolysis) is 1. The molecule has 3 amide bonds. The van der Waals surface area contributed by atoms with Gasteiger partial charge in [-0.3, -0.25) is 9.59 Å². The molecule has 0 spiro atoms. The van der Waals surface area contributed by atoms with Gasteiger partial charge in [0.25, 0.3) is 0 Å². The molecule has 2 aromatic carbocycles. The number of hydrogen-bond donors (Lipinski definition) is 3. The second-order valence-corrected chi connectivity index (χ2v) is 11.6. The summed E-state index contributed by atoms with van der Waals surface area (Å²) < 4.78 is 5.36. The van der Waals surface area contributed by atoms with Gasteiger partial charge in [0.2, 0.25) is 11.8 Å². The first-order valence-corrected chi connectivity index (χ1v) is 15.1. The molecule has 0 aromatic heterocycles. The Balaban J connectivity index is 1.51. The van der Waals surface area contributed by atoms with E-state index in [4.69, 9.17) is 27.9 Å². The number of nitrogens with zero attached hydrogens (tertiary/aromatic N) is 1. The first-order valence-electron chi connectivity index (χ1n) is 14.3. The molecule has 0 bridgehead atoms. The van der Waals surface area contributed by atoms with Crippen molar-refractivity contribution in [1.82, 2.24) is 15.5 Å². The highest BCUT2D eigenvalue weighted by Crippen LogP contribution is 2.27. The summed E-state index contributed by atoms with van der Waals surface area (Å²) in [6.45, 7) is 0.233. The predicted octanol–water partition coefficient (Wildman–Crippen LogP) is 5.52. The van der Waals surface area contributed by atoms with Crippen LogP contribution in [0.3, 0.4) is 0 Å². The second kappa shape index (κ2) is 17.2. The molecule has 3 rings (SSSR count). The third-order valence-corrected chi connectivity index (χ3v) is 7.96. The topological polar surface area (TPSA) is 108 Å². The zero-order valence-electron chi connectivity index (χ0n) is 23.6. The average molecular weight is 607 g/mol. The fourth-order valence-corrected chi connectivity index (χ4v) is 5.49. The van der Waals surface area contributed by atoms with E-state index in [0.717, 1.165) is 36.8 Å². The van der Waals surface area contributed by atoms with E-state index in [1.165, 1.54) is 6.42 Å². The molecule has 0 unspecified atom stereocenters. The second-order valence-electron chi connectivity index (χ2n) is 10.8. The number of likely N-dealkylation sites (N-methyl/N-ethyl adjacent to an activating group) is 1. The molecule has 41 heavy (non-hydrogen) atoms. The predicted molar refractivity (Wildman–Crippen MR) is 161 cm³/mol. The van der Waals surface area contributed by atoms with Crippen LogP contribution in [-0.2, 0) is 27.4 Å². The third kappa shape index (κ3) is 11.9. The van der Waals surface area contributed by atoms with Crippen LogP contribution in [-0.4, -0.2) is 60.2 Å². The van der Waals surface area contributed by atoms with Crippen molar-refractivity contribution in [2.24, 2.45) is 5.92 Å². The van der Waals surface area contributed by atoms with E-state index in [1.807, 2.05) is 24.3 Å². The number of aliphatic hydroxyl groups excluding tert-OH is 1. The van der Waals surface area contributed by atoms with Gasteiger partial charge in [0.1, 0.15) is 12.6 Å². The van der Waals surface area contributed by atoms with Crippen LogP contribution < -0.4 is 10.6 Å². The van der Waals surface area contributed by atoms with Crippen molar-refractivity contribution in [2.75, 3.05) is 20.2 Å². The molecule has 10 heteroatoms. The Bertz CT molecular complexity index is 1140. The van der Waals surface area contributed by atoms with Gasteiger partial charge >= 0.3 is 6.09 Å². The van der Waals surface area contributed by atoms with Gasteiger partial charge in [0, 0.05) is 30.1 Å². The Morgan fingerprint density at radius 1 is 1.00 bits per heavy atom. The maximum Gasteiger partial charge on any atom is 0.408 e. The Morgan fingerprint density at radius 3 is 2.32 bits per heavy atom. The van der Waals surface area contributed by atoms with Crippen LogP contribution in [0.1, 0.15) is 62.5 Å². The lowest BCUT2D eigenvalue weighted by Crippen LogP contribution is -2.51. The van der Waals surface area contributed by atoms with E-state index in [1.54, 1.807) is 36.2 Å². The van der Waals surface area contributed by atoms with Gasteiger partial charge in [-0.15, -0.1) is 0 Å².